The number of anilines is 1. The molecule has 0 saturated carbocycles. The van der Waals surface area contributed by atoms with Gasteiger partial charge in [-0.25, -0.2) is 0 Å². The fourth-order valence-electron chi connectivity index (χ4n) is 2.94. The Hall–Kier alpha value is -2.38. The van der Waals surface area contributed by atoms with E-state index in [2.05, 4.69) is 33.5 Å². The summed E-state index contributed by atoms with van der Waals surface area (Å²) in [5.41, 5.74) is 1.61. The zero-order chi connectivity index (χ0) is 22.5. The Morgan fingerprint density at radius 3 is 2.42 bits per heavy atom. The maximum absolute atomic E-state index is 12.8. The van der Waals surface area contributed by atoms with E-state index in [1.165, 1.54) is 12.8 Å². The number of carbonyl (C=O) groups is 2. The largest absolute Gasteiger partial charge is 0.493 e. The Morgan fingerprint density at radius 1 is 0.935 bits per heavy atom. The monoisotopic (exact) mass is 490 g/mol. The topological polar surface area (TPSA) is 76.7 Å². The van der Waals surface area contributed by atoms with Crippen molar-refractivity contribution in [1.29, 1.82) is 0 Å². The first-order valence-electron chi connectivity index (χ1n) is 10.7. The normalized spacial score (nSPS) is 10.5. The van der Waals surface area contributed by atoms with Crippen LogP contribution in [0.15, 0.2) is 46.9 Å². The van der Waals surface area contributed by atoms with Crippen molar-refractivity contribution >= 4 is 33.4 Å². The van der Waals surface area contributed by atoms with Crippen LogP contribution in [0.5, 0.6) is 5.75 Å². The summed E-state index contributed by atoms with van der Waals surface area (Å²) in [4.78, 5) is 25.0. The molecule has 31 heavy (non-hydrogen) atoms. The van der Waals surface area contributed by atoms with Gasteiger partial charge in [0.25, 0.3) is 11.8 Å². The van der Waals surface area contributed by atoms with Gasteiger partial charge in [0.05, 0.1) is 12.2 Å². The maximum atomic E-state index is 12.8. The van der Waals surface area contributed by atoms with Crippen LogP contribution in [0.4, 0.5) is 5.69 Å². The average Bonchev–Trinajstić information content (AvgIpc) is 2.77. The highest BCUT2D eigenvalue weighted by Crippen LogP contribution is 2.25. The van der Waals surface area contributed by atoms with Gasteiger partial charge in [-0.3, -0.25) is 9.59 Å². The van der Waals surface area contributed by atoms with Crippen molar-refractivity contribution in [3.05, 3.63) is 58.1 Å². The van der Waals surface area contributed by atoms with Crippen molar-refractivity contribution in [3.8, 4) is 5.75 Å². The second kappa shape index (κ2) is 13.8. The number of unbranched alkanes of at least 4 members (excludes halogenated alkanes) is 3. The minimum atomic E-state index is -0.262. The van der Waals surface area contributed by atoms with Crippen molar-refractivity contribution < 1.29 is 19.1 Å². The SMILES string of the molecule is CCCCCCOc1ccc(Br)cc1C(=O)Nc1ccc(C(=O)NCCCOC)cc1. The van der Waals surface area contributed by atoms with E-state index >= 15 is 0 Å². The smallest absolute Gasteiger partial charge is 0.259 e. The predicted octanol–water partition coefficient (Wildman–Crippen LogP) is 5.43. The third kappa shape index (κ3) is 8.71. The Labute approximate surface area is 192 Å². The van der Waals surface area contributed by atoms with Gasteiger partial charge in [-0.15, -0.1) is 0 Å². The lowest BCUT2D eigenvalue weighted by molar-refractivity contribution is 0.0948. The zero-order valence-corrected chi connectivity index (χ0v) is 19.8. The van der Waals surface area contributed by atoms with Crippen molar-refractivity contribution in [2.24, 2.45) is 0 Å². The van der Waals surface area contributed by atoms with Crippen LogP contribution in [-0.4, -0.2) is 38.7 Å². The van der Waals surface area contributed by atoms with Gasteiger partial charge >= 0.3 is 0 Å². The van der Waals surface area contributed by atoms with Gasteiger partial charge in [0.2, 0.25) is 0 Å². The van der Waals surface area contributed by atoms with Crippen LogP contribution in [0.3, 0.4) is 0 Å². The quantitative estimate of drug-likeness (QED) is 0.367. The van der Waals surface area contributed by atoms with Crippen molar-refractivity contribution in [2.75, 3.05) is 32.2 Å². The molecular weight excluding hydrogens is 460 g/mol. The number of benzene rings is 2. The molecule has 0 spiro atoms. The van der Waals surface area contributed by atoms with E-state index in [4.69, 9.17) is 9.47 Å². The van der Waals surface area contributed by atoms with Gasteiger partial charge in [-0.05, 0) is 55.3 Å². The molecule has 0 aliphatic carbocycles. The van der Waals surface area contributed by atoms with E-state index in [9.17, 15) is 9.59 Å². The van der Waals surface area contributed by atoms with E-state index in [0.717, 1.165) is 23.7 Å². The molecule has 0 radical (unpaired) electrons. The van der Waals surface area contributed by atoms with E-state index in [1.807, 2.05) is 6.07 Å². The standard InChI is InChI=1S/C24H31BrN2O4/c1-3-4-5-6-16-31-22-13-10-19(25)17-21(22)24(29)27-20-11-8-18(9-12-20)23(28)26-14-7-15-30-2/h8-13,17H,3-7,14-16H2,1-2H3,(H,26,28)(H,27,29). The van der Waals surface area contributed by atoms with E-state index in [-0.39, 0.29) is 11.8 Å². The van der Waals surface area contributed by atoms with Crippen LogP contribution >= 0.6 is 15.9 Å². The summed E-state index contributed by atoms with van der Waals surface area (Å²) >= 11 is 3.42. The van der Waals surface area contributed by atoms with E-state index in [1.54, 1.807) is 43.5 Å². The molecule has 7 heteroatoms. The van der Waals surface area contributed by atoms with Gasteiger partial charge in [-0.1, -0.05) is 42.1 Å². The van der Waals surface area contributed by atoms with Gasteiger partial charge in [-0.2, -0.15) is 0 Å². The van der Waals surface area contributed by atoms with Crippen molar-refractivity contribution in [3.63, 3.8) is 0 Å². The van der Waals surface area contributed by atoms with Crippen LogP contribution in [0.1, 0.15) is 59.7 Å². The molecule has 2 amide bonds. The van der Waals surface area contributed by atoms with Crippen molar-refractivity contribution in [2.45, 2.75) is 39.0 Å². The molecule has 6 nitrogen and oxygen atoms in total. The third-order valence-corrected chi connectivity index (χ3v) is 5.15. The Bertz CT molecular complexity index is 840. The highest BCUT2D eigenvalue weighted by Gasteiger charge is 2.14. The second-order valence-corrected chi connectivity index (χ2v) is 8.10. The Morgan fingerprint density at radius 2 is 1.71 bits per heavy atom. The second-order valence-electron chi connectivity index (χ2n) is 7.18. The lowest BCUT2D eigenvalue weighted by Gasteiger charge is -2.13. The number of hydrogen-bond acceptors (Lipinski definition) is 4. The van der Waals surface area contributed by atoms with Gasteiger partial charge in [0.15, 0.2) is 0 Å². The number of carbonyl (C=O) groups excluding carboxylic acids is 2. The van der Waals surface area contributed by atoms with E-state index in [0.29, 0.717) is 42.3 Å². The number of hydrogen-bond donors (Lipinski definition) is 2. The molecule has 0 atom stereocenters. The van der Waals surface area contributed by atoms with Gasteiger partial charge in [0, 0.05) is 36.0 Å². The summed E-state index contributed by atoms with van der Waals surface area (Å²) in [7, 11) is 1.63. The summed E-state index contributed by atoms with van der Waals surface area (Å²) in [5.74, 6) is 0.144. The molecule has 0 saturated heterocycles. The first-order valence-corrected chi connectivity index (χ1v) is 11.5. The first-order chi connectivity index (χ1) is 15.0. The summed E-state index contributed by atoms with van der Waals surface area (Å²) in [6, 6.07) is 12.2. The minimum absolute atomic E-state index is 0.153. The Balaban J connectivity index is 1.96. The molecule has 2 aromatic carbocycles. The van der Waals surface area contributed by atoms with Crippen molar-refractivity contribution in [1.82, 2.24) is 5.32 Å². The lowest BCUT2D eigenvalue weighted by Crippen LogP contribution is -2.25. The molecule has 0 bridgehead atoms. The number of nitrogens with one attached hydrogen (secondary N) is 2. The molecule has 0 aliphatic rings. The van der Waals surface area contributed by atoms with E-state index < -0.39 is 0 Å². The number of amides is 2. The minimum Gasteiger partial charge on any atom is -0.493 e. The van der Waals surface area contributed by atoms with Crippen LogP contribution in [-0.2, 0) is 4.74 Å². The highest BCUT2D eigenvalue weighted by molar-refractivity contribution is 9.10. The molecule has 0 heterocycles. The molecule has 0 aliphatic heterocycles. The molecule has 2 N–H and O–H groups in total. The number of halogens is 1. The average molecular weight is 491 g/mol. The fraction of sp³-hybridized carbons (Fsp3) is 0.417. The predicted molar refractivity (Wildman–Crippen MR) is 127 cm³/mol. The summed E-state index contributed by atoms with van der Waals surface area (Å²) in [6.45, 7) is 3.90. The Kier molecular flexibility index (Phi) is 11.1. The van der Waals surface area contributed by atoms with Gasteiger partial charge in [0.1, 0.15) is 5.75 Å². The molecule has 168 valence electrons. The van der Waals surface area contributed by atoms with Crippen LogP contribution in [0.2, 0.25) is 0 Å². The molecule has 0 unspecified atom stereocenters. The number of rotatable bonds is 13. The first kappa shape index (κ1) is 24.9. The lowest BCUT2D eigenvalue weighted by atomic mass is 10.1. The fourth-order valence-corrected chi connectivity index (χ4v) is 3.30. The molecular formula is C24H31BrN2O4. The zero-order valence-electron chi connectivity index (χ0n) is 18.2. The number of methoxy groups -OCH3 is 1. The van der Waals surface area contributed by atoms with Crippen LogP contribution in [0.25, 0.3) is 0 Å². The van der Waals surface area contributed by atoms with Crippen LogP contribution in [0, 0.1) is 0 Å². The number of ether oxygens (including phenoxy) is 2. The van der Waals surface area contributed by atoms with Gasteiger partial charge < -0.3 is 20.1 Å². The highest BCUT2D eigenvalue weighted by atomic mass is 79.9. The van der Waals surface area contributed by atoms with Crippen LogP contribution < -0.4 is 15.4 Å². The summed E-state index contributed by atoms with van der Waals surface area (Å²) in [5, 5.41) is 5.71. The molecule has 0 aromatic heterocycles. The third-order valence-electron chi connectivity index (χ3n) is 4.66. The molecule has 2 aromatic rings. The molecule has 2 rings (SSSR count). The molecule has 0 fully saturated rings. The summed E-state index contributed by atoms with van der Waals surface area (Å²) < 4.78 is 11.6. The summed E-state index contributed by atoms with van der Waals surface area (Å²) in [6.07, 6.45) is 5.17. The maximum Gasteiger partial charge on any atom is 0.259 e.